The number of nitrogens with zero attached hydrogens (tertiary/aromatic N) is 1. The fourth-order valence-electron chi connectivity index (χ4n) is 1.72. The van der Waals surface area contributed by atoms with E-state index in [1.54, 1.807) is 12.1 Å². The fourth-order valence-corrected chi connectivity index (χ4v) is 1.72. The lowest BCUT2D eigenvalue weighted by Crippen LogP contribution is -2.03. The molecule has 0 bridgehead atoms. The van der Waals surface area contributed by atoms with Gasteiger partial charge in [0.05, 0.1) is 0 Å². The minimum absolute atomic E-state index is 0.127. The van der Waals surface area contributed by atoms with Crippen LogP contribution in [-0.4, -0.2) is 18.1 Å². The van der Waals surface area contributed by atoms with Crippen LogP contribution in [0.25, 0.3) is 0 Å². The molecule has 0 spiro atoms. The Balaban J connectivity index is 2.00. The smallest absolute Gasteiger partial charge is 0.387 e. The van der Waals surface area contributed by atoms with E-state index in [-0.39, 0.29) is 5.75 Å². The molecule has 0 unspecified atom stereocenters. The molecule has 0 aliphatic carbocycles. The first kappa shape index (κ1) is 15.0. The highest BCUT2D eigenvalue weighted by Gasteiger charge is 2.04. The summed E-state index contributed by atoms with van der Waals surface area (Å²) in [7, 11) is 0. The summed E-state index contributed by atoms with van der Waals surface area (Å²) in [6.07, 6.45) is 1.02. The molecule has 1 aromatic carbocycles. The average Bonchev–Trinajstić information content (AvgIpc) is 2.47. The normalized spacial score (nSPS) is 10.5. The molecule has 0 saturated carbocycles. The fraction of sp³-hybridized carbons (Fsp3) is 0.267. The van der Waals surface area contributed by atoms with E-state index in [2.05, 4.69) is 27.3 Å². The summed E-state index contributed by atoms with van der Waals surface area (Å²) in [6, 6.07) is 11.9. The van der Waals surface area contributed by atoms with Crippen LogP contribution in [0.3, 0.4) is 0 Å². The summed E-state index contributed by atoms with van der Waals surface area (Å²) in [5.41, 5.74) is 0.747. The first-order valence-corrected chi connectivity index (χ1v) is 6.70. The second-order valence-electron chi connectivity index (χ2n) is 4.36. The van der Waals surface area contributed by atoms with Crippen molar-refractivity contribution in [2.75, 3.05) is 17.2 Å². The number of hydrogen-bond acceptors (Lipinski definition) is 4. The van der Waals surface area contributed by atoms with Crippen molar-refractivity contribution in [2.24, 2.45) is 0 Å². The lowest BCUT2D eigenvalue weighted by molar-refractivity contribution is -0.0498. The maximum Gasteiger partial charge on any atom is 0.387 e. The van der Waals surface area contributed by atoms with E-state index < -0.39 is 6.61 Å². The zero-order chi connectivity index (χ0) is 15.1. The Morgan fingerprint density at radius 2 is 1.81 bits per heavy atom. The molecule has 2 N–H and O–H groups in total. The minimum atomic E-state index is -2.81. The molecule has 21 heavy (non-hydrogen) atoms. The third-order valence-corrected chi connectivity index (χ3v) is 2.66. The van der Waals surface area contributed by atoms with Crippen LogP contribution in [0.4, 0.5) is 26.1 Å². The van der Waals surface area contributed by atoms with Crippen LogP contribution < -0.4 is 15.4 Å². The summed E-state index contributed by atoms with van der Waals surface area (Å²) in [5.74, 6) is 1.60. The first-order valence-electron chi connectivity index (χ1n) is 6.70. The Kier molecular flexibility index (Phi) is 5.31. The van der Waals surface area contributed by atoms with Crippen LogP contribution in [0.2, 0.25) is 0 Å². The van der Waals surface area contributed by atoms with Crippen LogP contribution >= 0.6 is 0 Å². The van der Waals surface area contributed by atoms with Gasteiger partial charge in [0, 0.05) is 12.2 Å². The second-order valence-corrected chi connectivity index (χ2v) is 4.36. The maximum absolute atomic E-state index is 12.1. The largest absolute Gasteiger partial charge is 0.435 e. The maximum atomic E-state index is 12.1. The number of pyridine rings is 1. The van der Waals surface area contributed by atoms with Crippen molar-refractivity contribution in [1.29, 1.82) is 0 Å². The number of halogens is 2. The molecule has 6 heteroatoms. The average molecular weight is 293 g/mol. The highest BCUT2D eigenvalue weighted by molar-refractivity contribution is 5.58. The van der Waals surface area contributed by atoms with Crippen molar-refractivity contribution in [1.82, 2.24) is 4.98 Å². The molecule has 4 nitrogen and oxygen atoms in total. The summed E-state index contributed by atoms with van der Waals surface area (Å²) in [6.45, 7) is 0.126. The molecule has 2 aromatic rings. The standard InChI is InChI=1S/C15H17F2N3O/c1-2-10-18-13-4-3-5-14(20-13)19-11-6-8-12(9-7-11)21-15(16)17/h3-9,15H,2,10H2,1H3,(H2,18,19,20). The summed E-state index contributed by atoms with van der Waals surface area (Å²) < 4.78 is 28.4. The topological polar surface area (TPSA) is 46.2 Å². The third kappa shape index (κ3) is 4.91. The van der Waals surface area contributed by atoms with Gasteiger partial charge in [0.15, 0.2) is 0 Å². The Labute approximate surface area is 122 Å². The minimum Gasteiger partial charge on any atom is -0.435 e. The number of ether oxygens (including phenoxy) is 1. The molecule has 0 radical (unpaired) electrons. The van der Waals surface area contributed by atoms with E-state index >= 15 is 0 Å². The van der Waals surface area contributed by atoms with Crippen molar-refractivity contribution in [3.8, 4) is 5.75 Å². The monoisotopic (exact) mass is 293 g/mol. The number of rotatable bonds is 7. The number of benzene rings is 1. The van der Waals surface area contributed by atoms with Gasteiger partial charge in [0.1, 0.15) is 17.4 Å². The Hall–Kier alpha value is -2.37. The molecule has 0 aliphatic rings. The third-order valence-electron chi connectivity index (χ3n) is 2.66. The van der Waals surface area contributed by atoms with Crippen molar-refractivity contribution >= 4 is 17.3 Å². The molecule has 0 atom stereocenters. The zero-order valence-corrected chi connectivity index (χ0v) is 11.6. The van der Waals surface area contributed by atoms with Crippen LogP contribution in [0.1, 0.15) is 13.3 Å². The van der Waals surface area contributed by atoms with Crippen molar-refractivity contribution < 1.29 is 13.5 Å². The molecular formula is C15H17F2N3O. The van der Waals surface area contributed by atoms with E-state index in [1.165, 1.54) is 12.1 Å². The van der Waals surface area contributed by atoms with Gasteiger partial charge in [-0.2, -0.15) is 8.78 Å². The molecule has 0 saturated heterocycles. The highest BCUT2D eigenvalue weighted by atomic mass is 19.3. The summed E-state index contributed by atoms with van der Waals surface area (Å²) >= 11 is 0. The van der Waals surface area contributed by atoms with Crippen molar-refractivity contribution in [2.45, 2.75) is 20.0 Å². The molecular weight excluding hydrogens is 276 g/mol. The quantitative estimate of drug-likeness (QED) is 0.801. The Bertz CT molecular complexity index is 561. The predicted molar refractivity (Wildman–Crippen MR) is 79.4 cm³/mol. The zero-order valence-electron chi connectivity index (χ0n) is 11.6. The molecule has 0 aliphatic heterocycles. The van der Waals surface area contributed by atoms with E-state index in [9.17, 15) is 8.78 Å². The molecule has 112 valence electrons. The summed E-state index contributed by atoms with van der Waals surface area (Å²) in [4.78, 5) is 4.40. The van der Waals surface area contributed by atoms with E-state index in [4.69, 9.17) is 0 Å². The predicted octanol–water partition coefficient (Wildman–Crippen LogP) is 4.25. The Morgan fingerprint density at radius 1 is 1.10 bits per heavy atom. The molecule has 0 amide bonds. The van der Waals surface area contributed by atoms with Gasteiger partial charge in [0.25, 0.3) is 0 Å². The van der Waals surface area contributed by atoms with Gasteiger partial charge in [-0.1, -0.05) is 13.0 Å². The van der Waals surface area contributed by atoms with Crippen LogP contribution in [0, 0.1) is 0 Å². The van der Waals surface area contributed by atoms with Gasteiger partial charge in [-0.3, -0.25) is 0 Å². The number of aromatic nitrogens is 1. The van der Waals surface area contributed by atoms with Crippen molar-refractivity contribution in [3.63, 3.8) is 0 Å². The SMILES string of the molecule is CCCNc1cccc(Nc2ccc(OC(F)F)cc2)n1. The molecule has 1 aromatic heterocycles. The highest BCUT2D eigenvalue weighted by Crippen LogP contribution is 2.21. The Morgan fingerprint density at radius 3 is 2.48 bits per heavy atom. The summed E-state index contributed by atoms with van der Waals surface area (Å²) in [5, 5.41) is 6.30. The van der Waals surface area contributed by atoms with E-state index in [0.29, 0.717) is 5.82 Å². The van der Waals surface area contributed by atoms with E-state index in [0.717, 1.165) is 24.5 Å². The van der Waals surface area contributed by atoms with Crippen LogP contribution in [-0.2, 0) is 0 Å². The van der Waals surface area contributed by atoms with Gasteiger partial charge in [0.2, 0.25) is 0 Å². The number of hydrogen-bond donors (Lipinski definition) is 2. The van der Waals surface area contributed by atoms with Gasteiger partial charge in [-0.05, 0) is 42.8 Å². The van der Waals surface area contributed by atoms with Gasteiger partial charge >= 0.3 is 6.61 Å². The van der Waals surface area contributed by atoms with Crippen LogP contribution in [0.15, 0.2) is 42.5 Å². The van der Waals surface area contributed by atoms with Crippen LogP contribution in [0.5, 0.6) is 5.75 Å². The lowest BCUT2D eigenvalue weighted by Gasteiger charge is -2.09. The molecule has 2 rings (SSSR count). The van der Waals surface area contributed by atoms with Gasteiger partial charge in [-0.15, -0.1) is 0 Å². The second kappa shape index (κ2) is 7.42. The van der Waals surface area contributed by atoms with Gasteiger partial charge < -0.3 is 15.4 Å². The number of alkyl halides is 2. The molecule has 1 heterocycles. The number of anilines is 3. The molecule has 0 fully saturated rings. The van der Waals surface area contributed by atoms with Gasteiger partial charge in [-0.25, -0.2) is 4.98 Å². The van der Waals surface area contributed by atoms with E-state index in [1.807, 2.05) is 18.2 Å². The number of nitrogens with one attached hydrogen (secondary N) is 2. The lowest BCUT2D eigenvalue weighted by atomic mass is 10.3. The van der Waals surface area contributed by atoms with Crippen molar-refractivity contribution in [3.05, 3.63) is 42.5 Å². The first-order chi connectivity index (χ1) is 10.2.